The van der Waals surface area contributed by atoms with Gasteiger partial charge in [-0.2, -0.15) is 0 Å². The smallest absolute Gasteiger partial charge is 0.162 e. The molecule has 5 nitrogen and oxygen atoms in total. The third-order valence-corrected chi connectivity index (χ3v) is 6.30. The summed E-state index contributed by atoms with van der Waals surface area (Å²) < 4.78 is 28.1. The van der Waals surface area contributed by atoms with E-state index in [-0.39, 0.29) is 18.4 Å². The maximum atomic E-state index is 11.4. The van der Waals surface area contributed by atoms with Crippen LogP contribution >= 0.6 is 0 Å². The first-order valence-electron chi connectivity index (χ1n) is 10.0. The van der Waals surface area contributed by atoms with Crippen LogP contribution in [0.15, 0.2) is 66.7 Å². The van der Waals surface area contributed by atoms with Gasteiger partial charge in [0.05, 0.1) is 12.4 Å². The van der Waals surface area contributed by atoms with Gasteiger partial charge in [0, 0.05) is 6.04 Å². The minimum atomic E-state index is -3.56. The first-order chi connectivity index (χ1) is 14.4. The molecule has 3 aromatic rings. The molecule has 2 atom stereocenters. The molecule has 4 rings (SSSR count). The maximum absolute atomic E-state index is 11.4. The Bertz CT molecular complexity index is 1140. The molecule has 1 heterocycles. The lowest BCUT2D eigenvalue weighted by Gasteiger charge is -2.29. The van der Waals surface area contributed by atoms with Gasteiger partial charge in [0.15, 0.2) is 10.0 Å². The first-order valence-corrected chi connectivity index (χ1v) is 11.7. The highest BCUT2D eigenvalue weighted by molar-refractivity contribution is 7.86. The van der Waals surface area contributed by atoms with Crippen LogP contribution < -0.4 is 5.32 Å². The Labute approximate surface area is 177 Å². The van der Waals surface area contributed by atoms with Gasteiger partial charge >= 0.3 is 0 Å². The fourth-order valence-corrected chi connectivity index (χ4v) is 4.88. The Hall–Kier alpha value is -2.51. The predicted octanol–water partition coefficient (Wildman–Crippen LogP) is 4.30. The SMILES string of the molecule is N=S(=O)(O)Cc1cccc(CC2NCCc3cc(CO)c(-c4ccccc4)cc32)c1. The van der Waals surface area contributed by atoms with Crippen LogP contribution in [0.2, 0.25) is 0 Å². The summed E-state index contributed by atoms with van der Waals surface area (Å²) in [6.07, 6.45) is 1.66. The van der Waals surface area contributed by atoms with Gasteiger partial charge in [-0.3, -0.25) is 0 Å². The summed E-state index contributed by atoms with van der Waals surface area (Å²) >= 11 is 0. The van der Waals surface area contributed by atoms with E-state index in [0.717, 1.165) is 41.6 Å². The molecule has 0 amide bonds. The first kappa shape index (κ1) is 20.8. The van der Waals surface area contributed by atoms with E-state index >= 15 is 0 Å². The Balaban J connectivity index is 1.68. The molecule has 4 N–H and O–H groups in total. The number of hydrogen-bond donors (Lipinski definition) is 4. The number of benzene rings is 3. The quantitative estimate of drug-likeness (QED) is 0.477. The topological polar surface area (TPSA) is 93.4 Å². The molecular formula is C24H26N2O3S. The van der Waals surface area contributed by atoms with E-state index in [0.29, 0.717) is 5.56 Å². The van der Waals surface area contributed by atoms with E-state index in [4.69, 9.17) is 4.78 Å². The second-order valence-corrected chi connectivity index (χ2v) is 9.37. The highest BCUT2D eigenvalue weighted by atomic mass is 32.2. The highest BCUT2D eigenvalue weighted by Gasteiger charge is 2.22. The second-order valence-electron chi connectivity index (χ2n) is 7.80. The zero-order chi connectivity index (χ0) is 21.1. The van der Waals surface area contributed by atoms with Crippen LogP contribution in [0, 0.1) is 4.78 Å². The monoisotopic (exact) mass is 422 g/mol. The lowest BCUT2D eigenvalue weighted by Crippen LogP contribution is -2.31. The van der Waals surface area contributed by atoms with Gasteiger partial charge in [0.2, 0.25) is 0 Å². The Morgan fingerprint density at radius 1 is 1.03 bits per heavy atom. The van der Waals surface area contributed by atoms with Crippen molar-refractivity contribution in [1.82, 2.24) is 5.32 Å². The van der Waals surface area contributed by atoms with Crippen LogP contribution in [-0.4, -0.2) is 20.4 Å². The van der Waals surface area contributed by atoms with Gasteiger partial charge < -0.3 is 15.0 Å². The molecule has 1 aliphatic rings. The van der Waals surface area contributed by atoms with E-state index in [2.05, 4.69) is 29.6 Å². The van der Waals surface area contributed by atoms with Gasteiger partial charge in [-0.25, -0.2) is 8.99 Å². The van der Waals surface area contributed by atoms with Gasteiger partial charge in [-0.1, -0.05) is 60.7 Å². The van der Waals surface area contributed by atoms with Crippen LogP contribution in [0.25, 0.3) is 11.1 Å². The molecule has 156 valence electrons. The highest BCUT2D eigenvalue weighted by Crippen LogP contribution is 2.33. The Kier molecular flexibility index (Phi) is 6.01. The van der Waals surface area contributed by atoms with Crippen molar-refractivity contribution in [2.45, 2.75) is 31.2 Å². The number of rotatable bonds is 6. The van der Waals surface area contributed by atoms with Crippen molar-refractivity contribution < 1.29 is 13.9 Å². The molecule has 2 unspecified atom stereocenters. The van der Waals surface area contributed by atoms with Crippen LogP contribution in [0.1, 0.15) is 33.9 Å². The van der Waals surface area contributed by atoms with Crippen LogP contribution in [-0.2, 0) is 35.2 Å². The predicted molar refractivity (Wildman–Crippen MR) is 120 cm³/mol. The molecule has 0 spiro atoms. The fraction of sp³-hybridized carbons (Fsp3) is 0.250. The van der Waals surface area contributed by atoms with Crippen molar-refractivity contribution in [3.05, 3.63) is 94.5 Å². The van der Waals surface area contributed by atoms with Crippen LogP contribution in [0.5, 0.6) is 0 Å². The summed E-state index contributed by atoms with van der Waals surface area (Å²) in [7, 11) is -3.56. The number of aliphatic hydroxyl groups excluding tert-OH is 1. The van der Waals surface area contributed by atoms with E-state index in [9.17, 15) is 13.9 Å². The Morgan fingerprint density at radius 2 is 1.80 bits per heavy atom. The molecule has 0 radical (unpaired) electrons. The number of nitrogens with one attached hydrogen (secondary N) is 2. The summed E-state index contributed by atoms with van der Waals surface area (Å²) in [5, 5.41) is 13.5. The van der Waals surface area contributed by atoms with Crippen molar-refractivity contribution in [2.75, 3.05) is 6.54 Å². The van der Waals surface area contributed by atoms with Crippen LogP contribution in [0.3, 0.4) is 0 Å². The van der Waals surface area contributed by atoms with Gasteiger partial charge in [0.25, 0.3) is 0 Å². The zero-order valence-electron chi connectivity index (χ0n) is 16.7. The molecular weight excluding hydrogens is 396 g/mol. The van der Waals surface area contributed by atoms with Crippen molar-refractivity contribution in [2.24, 2.45) is 0 Å². The Morgan fingerprint density at radius 3 is 2.53 bits per heavy atom. The number of fused-ring (bicyclic) bond motifs is 1. The second kappa shape index (κ2) is 8.70. The van der Waals surface area contributed by atoms with Crippen molar-refractivity contribution in [3.63, 3.8) is 0 Å². The van der Waals surface area contributed by atoms with Crippen molar-refractivity contribution >= 4 is 10.0 Å². The fourth-order valence-electron chi connectivity index (χ4n) is 4.25. The lowest BCUT2D eigenvalue weighted by molar-refractivity contribution is 0.282. The summed E-state index contributed by atoms with van der Waals surface area (Å²) in [5.74, 6) is -0.159. The van der Waals surface area contributed by atoms with Crippen LogP contribution in [0.4, 0.5) is 0 Å². The molecule has 3 aromatic carbocycles. The summed E-state index contributed by atoms with van der Waals surface area (Å²) in [4.78, 5) is 0. The average Bonchev–Trinajstić information content (AvgIpc) is 2.73. The van der Waals surface area contributed by atoms with Gasteiger partial charge in [-0.15, -0.1) is 0 Å². The molecule has 6 heteroatoms. The molecule has 0 fully saturated rings. The number of aliphatic hydroxyl groups is 1. The largest absolute Gasteiger partial charge is 0.392 e. The minimum Gasteiger partial charge on any atom is -0.392 e. The van der Waals surface area contributed by atoms with E-state index in [1.54, 1.807) is 6.07 Å². The van der Waals surface area contributed by atoms with Crippen molar-refractivity contribution in [3.8, 4) is 11.1 Å². The van der Waals surface area contributed by atoms with E-state index < -0.39 is 10.0 Å². The third-order valence-electron chi connectivity index (χ3n) is 5.57. The van der Waals surface area contributed by atoms with Gasteiger partial charge in [-0.05, 0) is 64.4 Å². The molecule has 0 bridgehead atoms. The standard InChI is InChI=1S/C24H26N2O3S/c25-30(28,29)16-18-6-4-5-17(11-18)12-24-23-14-22(19-7-2-1-3-8-19)21(15-27)13-20(23)9-10-26-24/h1-8,11,13-14,24,26-27H,9-10,12,15-16H2,(H2,25,28,29). The average molecular weight is 423 g/mol. The summed E-state index contributed by atoms with van der Waals surface area (Å²) in [5.41, 5.74) is 7.33. The third kappa shape index (κ3) is 4.79. The summed E-state index contributed by atoms with van der Waals surface area (Å²) in [6.45, 7) is 0.870. The normalized spacial score (nSPS) is 17.9. The summed E-state index contributed by atoms with van der Waals surface area (Å²) in [6, 6.07) is 22.2. The van der Waals surface area contributed by atoms with E-state index in [1.807, 2.05) is 36.4 Å². The molecule has 0 aliphatic carbocycles. The molecule has 0 saturated heterocycles. The molecule has 0 saturated carbocycles. The minimum absolute atomic E-state index is 0.00517. The lowest BCUT2D eigenvalue weighted by atomic mass is 9.85. The van der Waals surface area contributed by atoms with Gasteiger partial charge in [0.1, 0.15) is 0 Å². The molecule has 30 heavy (non-hydrogen) atoms. The van der Waals surface area contributed by atoms with E-state index in [1.165, 1.54) is 11.1 Å². The number of hydrogen-bond acceptors (Lipinski definition) is 4. The van der Waals surface area contributed by atoms with Crippen molar-refractivity contribution in [1.29, 1.82) is 4.78 Å². The molecule has 1 aliphatic heterocycles. The molecule has 0 aromatic heterocycles. The maximum Gasteiger partial charge on any atom is 0.162 e. The zero-order valence-corrected chi connectivity index (χ0v) is 17.5.